The lowest BCUT2D eigenvalue weighted by atomic mass is 9.79. The summed E-state index contributed by atoms with van der Waals surface area (Å²) < 4.78 is 0. The second kappa shape index (κ2) is 13.5. The van der Waals surface area contributed by atoms with Crippen LogP contribution in [-0.2, 0) is 0 Å². The number of benzene rings is 11. The first-order valence-electron chi connectivity index (χ1n) is 20.4. The van der Waals surface area contributed by atoms with Crippen LogP contribution < -0.4 is 0 Å². The molecule has 0 aliphatic heterocycles. The molecule has 0 nitrogen and oxygen atoms in total. The predicted octanol–water partition coefficient (Wildman–Crippen LogP) is 15.2. The molecule has 272 valence electrons. The zero-order valence-corrected chi connectivity index (χ0v) is 32.3. The van der Waals surface area contributed by atoms with Crippen LogP contribution in [0, 0.1) is 11.8 Å². The lowest BCUT2D eigenvalue weighted by Crippen LogP contribution is -2.04. The van der Waals surface area contributed by atoms with Crippen LogP contribution in [0.5, 0.6) is 0 Å². The van der Waals surface area contributed by atoms with Gasteiger partial charge in [0.25, 0.3) is 0 Å². The predicted molar refractivity (Wildman–Crippen MR) is 251 cm³/mol. The van der Waals surface area contributed by atoms with Gasteiger partial charge in [0.05, 0.1) is 0 Å². The molecule has 0 radical (unpaired) electrons. The summed E-state index contributed by atoms with van der Waals surface area (Å²) in [6.07, 6.45) is 2.53. The number of hydrogen-bond acceptors (Lipinski definition) is 0. The quantitative estimate of drug-likeness (QED) is 0.125. The first kappa shape index (κ1) is 33.4. The molecular formula is C59H36. The average molecular weight is 745 g/mol. The summed E-state index contributed by atoms with van der Waals surface area (Å²) >= 11 is 0. The van der Waals surface area contributed by atoms with Gasteiger partial charge in [-0.2, -0.15) is 0 Å². The van der Waals surface area contributed by atoms with E-state index in [-0.39, 0.29) is 5.92 Å². The molecule has 0 amide bonds. The van der Waals surface area contributed by atoms with Gasteiger partial charge < -0.3 is 0 Å². The van der Waals surface area contributed by atoms with Crippen molar-refractivity contribution in [2.45, 2.75) is 5.92 Å². The van der Waals surface area contributed by atoms with Crippen LogP contribution in [0.3, 0.4) is 0 Å². The molecule has 1 atom stereocenters. The molecule has 11 aromatic carbocycles. The van der Waals surface area contributed by atoms with E-state index < -0.39 is 0 Å². The lowest BCUT2D eigenvalue weighted by molar-refractivity contribution is 1.05. The maximum absolute atomic E-state index is 3.90. The van der Waals surface area contributed by atoms with E-state index in [1.807, 2.05) is 0 Å². The Balaban J connectivity index is 1.25. The van der Waals surface area contributed by atoms with Crippen LogP contribution in [0.15, 0.2) is 212 Å². The summed E-state index contributed by atoms with van der Waals surface area (Å²) in [5, 5.41) is 14.7. The largest absolute Gasteiger partial charge is 0.0641 e. The highest BCUT2D eigenvalue weighted by molar-refractivity contribution is 6.20. The van der Waals surface area contributed by atoms with E-state index in [1.54, 1.807) is 0 Å². The molecule has 0 heteroatoms. The summed E-state index contributed by atoms with van der Waals surface area (Å²) in [6.45, 7) is 0. The Morgan fingerprint density at radius 2 is 0.847 bits per heavy atom. The third-order valence-electron chi connectivity index (χ3n) is 12.5. The first-order valence-corrected chi connectivity index (χ1v) is 20.4. The van der Waals surface area contributed by atoms with Crippen molar-refractivity contribution in [2.24, 2.45) is 0 Å². The topological polar surface area (TPSA) is 0 Å². The number of rotatable bonds is 3. The third kappa shape index (κ3) is 5.55. The van der Waals surface area contributed by atoms with Gasteiger partial charge >= 0.3 is 0 Å². The Kier molecular flexibility index (Phi) is 7.62. The standard InChI is InChI=1S/C59H36/c1-5-16-44-33-38(21-23-39(44)11-1)22-31-52-53-32-30-43-15-9-10-20-51(43)57(53)56(50-29-26-42-14-4-8-19-47(42)36-50)59-55(49-28-25-41-13-3-7-18-46(41)35-49)37-54(58(52)59)48-27-24-40-12-2-6-17-45(40)34-48/h1-21,23-30,32-37,54H. The Hall–Kier alpha value is -7.72. The van der Waals surface area contributed by atoms with Crippen molar-refractivity contribution < 1.29 is 0 Å². The minimum Gasteiger partial charge on any atom is -0.0641 e. The van der Waals surface area contributed by atoms with Crippen molar-refractivity contribution in [3.05, 3.63) is 246 Å². The van der Waals surface area contributed by atoms with Crippen LogP contribution in [0.2, 0.25) is 0 Å². The van der Waals surface area contributed by atoms with Crippen LogP contribution in [0.25, 0.3) is 81.3 Å². The third-order valence-corrected chi connectivity index (χ3v) is 12.5. The zero-order chi connectivity index (χ0) is 38.9. The SMILES string of the molecule is C(#Cc1c2c(c(-c3ccc4ccccc4c3)c3c1ccc1ccccc13)C(c1ccc3ccccc3c1)=CC2c1ccc2ccccc2c1)c1ccc2ccccc2c1. The maximum atomic E-state index is 3.90. The van der Waals surface area contributed by atoms with E-state index in [0.29, 0.717) is 0 Å². The fraction of sp³-hybridized carbons (Fsp3) is 0.0169. The van der Waals surface area contributed by atoms with E-state index in [2.05, 4.69) is 224 Å². The molecule has 0 saturated heterocycles. The molecule has 12 rings (SSSR count). The molecule has 0 fully saturated rings. The van der Waals surface area contributed by atoms with Gasteiger partial charge in [0.15, 0.2) is 0 Å². The Labute approximate surface area is 343 Å². The monoisotopic (exact) mass is 744 g/mol. The molecule has 0 aromatic heterocycles. The van der Waals surface area contributed by atoms with Crippen LogP contribution in [0.4, 0.5) is 0 Å². The van der Waals surface area contributed by atoms with E-state index in [1.165, 1.54) is 104 Å². The average Bonchev–Trinajstić information content (AvgIpc) is 3.70. The molecule has 0 bridgehead atoms. The Morgan fingerprint density at radius 1 is 0.339 bits per heavy atom. The molecular weight excluding hydrogens is 709 g/mol. The number of fused-ring (bicyclic) bond motifs is 8. The van der Waals surface area contributed by atoms with Crippen molar-refractivity contribution in [1.82, 2.24) is 0 Å². The molecule has 1 aliphatic carbocycles. The van der Waals surface area contributed by atoms with E-state index in [4.69, 9.17) is 0 Å². The van der Waals surface area contributed by atoms with Crippen LogP contribution >= 0.6 is 0 Å². The molecule has 1 aliphatic rings. The fourth-order valence-electron chi connectivity index (χ4n) is 9.63. The summed E-state index contributed by atoms with van der Waals surface area (Å²) in [6, 6.07) is 75.7. The summed E-state index contributed by atoms with van der Waals surface area (Å²) in [5.41, 5.74) is 10.8. The van der Waals surface area contributed by atoms with Crippen molar-refractivity contribution >= 4 is 70.2 Å². The highest BCUT2D eigenvalue weighted by Crippen LogP contribution is 2.53. The highest BCUT2D eigenvalue weighted by atomic mass is 14.4. The minimum atomic E-state index is -0.0351. The second-order valence-electron chi connectivity index (χ2n) is 15.8. The van der Waals surface area contributed by atoms with Crippen LogP contribution in [-0.4, -0.2) is 0 Å². The number of allylic oxidation sites excluding steroid dienone is 1. The molecule has 0 spiro atoms. The fourth-order valence-corrected chi connectivity index (χ4v) is 9.63. The Morgan fingerprint density at radius 3 is 1.53 bits per heavy atom. The van der Waals surface area contributed by atoms with Crippen molar-refractivity contribution in [3.63, 3.8) is 0 Å². The lowest BCUT2D eigenvalue weighted by Gasteiger charge is -2.23. The Bertz CT molecular complexity index is 3620. The second-order valence-corrected chi connectivity index (χ2v) is 15.8. The van der Waals surface area contributed by atoms with Crippen molar-refractivity contribution in [3.8, 4) is 23.0 Å². The van der Waals surface area contributed by atoms with Gasteiger partial charge in [0.1, 0.15) is 0 Å². The van der Waals surface area contributed by atoms with Crippen LogP contribution in [0.1, 0.15) is 39.3 Å². The normalized spacial score (nSPS) is 13.6. The molecule has 0 saturated carbocycles. The molecule has 11 aromatic rings. The van der Waals surface area contributed by atoms with Gasteiger partial charge in [-0.3, -0.25) is 0 Å². The zero-order valence-electron chi connectivity index (χ0n) is 32.3. The van der Waals surface area contributed by atoms with Gasteiger partial charge in [-0.1, -0.05) is 200 Å². The van der Waals surface area contributed by atoms with E-state index >= 15 is 0 Å². The summed E-state index contributed by atoms with van der Waals surface area (Å²) in [7, 11) is 0. The summed E-state index contributed by atoms with van der Waals surface area (Å²) in [5.74, 6) is 7.58. The van der Waals surface area contributed by atoms with Gasteiger partial charge in [0.2, 0.25) is 0 Å². The highest BCUT2D eigenvalue weighted by Gasteiger charge is 2.34. The molecule has 0 N–H and O–H groups in total. The first-order chi connectivity index (χ1) is 29.2. The van der Waals surface area contributed by atoms with E-state index in [9.17, 15) is 0 Å². The molecule has 1 unspecified atom stereocenters. The van der Waals surface area contributed by atoms with Gasteiger partial charge in [-0.25, -0.2) is 0 Å². The van der Waals surface area contributed by atoms with Crippen molar-refractivity contribution in [1.29, 1.82) is 0 Å². The van der Waals surface area contributed by atoms with Gasteiger partial charge in [0, 0.05) is 17.0 Å². The molecule has 59 heavy (non-hydrogen) atoms. The smallest absolute Gasteiger partial charge is 0.0375 e. The van der Waals surface area contributed by atoms with E-state index in [0.717, 1.165) is 11.1 Å². The van der Waals surface area contributed by atoms with Gasteiger partial charge in [-0.15, -0.1) is 0 Å². The van der Waals surface area contributed by atoms with Gasteiger partial charge in [-0.05, 0) is 128 Å². The molecule has 0 heterocycles. The number of hydrogen-bond donors (Lipinski definition) is 0. The van der Waals surface area contributed by atoms with Crippen molar-refractivity contribution in [2.75, 3.05) is 0 Å². The summed E-state index contributed by atoms with van der Waals surface area (Å²) in [4.78, 5) is 0. The minimum absolute atomic E-state index is 0.0351. The maximum Gasteiger partial charge on any atom is 0.0375 e.